The predicted molar refractivity (Wildman–Crippen MR) is 127 cm³/mol. The van der Waals surface area contributed by atoms with E-state index in [1.165, 1.54) is 16.9 Å². The lowest BCUT2D eigenvalue weighted by Gasteiger charge is -2.14. The number of hydrogen-bond donors (Lipinski definition) is 0. The van der Waals surface area contributed by atoms with E-state index in [9.17, 15) is 4.79 Å². The van der Waals surface area contributed by atoms with Crippen LogP contribution in [-0.2, 0) is 6.54 Å². The first-order valence-electron chi connectivity index (χ1n) is 10.0. The van der Waals surface area contributed by atoms with E-state index >= 15 is 0 Å². The van der Waals surface area contributed by atoms with Crippen molar-refractivity contribution in [2.75, 3.05) is 0 Å². The Morgan fingerprint density at radius 3 is 2.35 bits per heavy atom. The van der Waals surface area contributed by atoms with E-state index in [1.807, 2.05) is 72.8 Å². The lowest BCUT2D eigenvalue weighted by molar-refractivity contribution is 0.725. The fraction of sp³-hybridized carbons (Fsp3) is 0.125. The lowest BCUT2D eigenvalue weighted by Crippen LogP contribution is -2.16. The topological polar surface area (TPSA) is 52.7 Å². The molecule has 0 spiro atoms. The first kappa shape index (κ1) is 19.8. The van der Waals surface area contributed by atoms with E-state index < -0.39 is 0 Å². The third kappa shape index (κ3) is 3.94. The minimum atomic E-state index is 0.00988. The minimum absolute atomic E-state index is 0.00988. The fourth-order valence-corrected chi connectivity index (χ4v) is 5.48. The summed E-state index contributed by atoms with van der Waals surface area (Å²) >= 11 is 2.92. The molecule has 0 amide bonds. The normalized spacial score (nSPS) is 12.3. The zero-order chi connectivity index (χ0) is 21.2. The number of rotatable bonds is 6. The standard InChI is InChI=1S/C24H20N4OS2/c1-17(18-10-4-2-5-11-18)30-23-26-25-22(28(23)19-12-6-3-7-13-19)16-27-20-14-8-9-15-21(20)31-24(27)29/h2-15,17H,16H2,1H3/t17-/m0/s1. The van der Waals surface area contributed by atoms with Gasteiger partial charge in [-0.1, -0.05) is 83.8 Å². The van der Waals surface area contributed by atoms with Gasteiger partial charge in [0.25, 0.3) is 0 Å². The molecule has 0 aliphatic rings. The Morgan fingerprint density at radius 2 is 1.58 bits per heavy atom. The number of para-hydroxylation sites is 2. The number of nitrogens with zero attached hydrogens (tertiary/aromatic N) is 4. The van der Waals surface area contributed by atoms with Crippen LogP contribution in [0.5, 0.6) is 0 Å². The van der Waals surface area contributed by atoms with Crippen LogP contribution in [-0.4, -0.2) is 19.3 Å². The molecule has 5 aromatic rings. The summed E-state index contributed by atoms with van der Waals surface area (Å²) in [7, 11) is 0. The molecule has 7 heteroatoms. The molecule has 0 N–H and O–H groups in total. The molecular formula is C24H20N4OS2. The van der Waals surface area contributed by atoms with Gasteiger partial charge in [0.15, 0.2) is 11.0 Å². The number of thiazole rings is 1. The molecule has 0 bridgehead atoms. The van der Waals surface area contributed by atoms with Gasteiger partial charge in [-0.15, -0.1) is 10.2 Å². The SMILES string of the molecule is C[C@H](Sc1nnc(Cn2c(=O)sc3ccccc32)n1-c1ccccc1)c1ccccc1. The van der Waals surface area contributed by atoms with E-state index in [0.717, 1.165) is 26.9 Å². The van der Waals surface area contributed by atoms with Crippen LogP contribution in [0.3, 0.4) is 0 Å². The molecule has 0 saturated carbocycles. The van der Waals surface area contributed by atoms with Crippen LogP contribution in [0.4, 0.5) is 0 Å². The maximum Gasteiger partial charge on any atom is 0.308 e. The third-order valence-electron chi connectivity index (χ3n) is 5.14. The molecule has 0 aliphatic heterocycles. The van der Waals surface area contributed by atoms with Crippen molar-refractivity contribution in [2.45, 2.75) is 23.9 Å². The number of thioether (sulfide) groups is 1. The zero-order valence-corrected chi connectivity index (χ0v) is 18.5. The summed E-state index contributed by atoms with van der Waals surface area (Å²) in [6.45, 7) is 2.53. The average molecular weight is 445 g/mol. The smallest absolute Gasteiger partial charge is 0.291 e. The van der Waals surface area contributed by atoms with Crippen molar-refractivity contribution in [3.8, 4) is 5.69 Å². The average Bonchev–Trinajstić information content (AvgIpc) is 3.35. The molecule has 2 aromatic heterocycles. The van der Waals surface area contributed by atoms with Gasteiger partial charge in [-0.05, 0) is 36.8 Å². The molecule has 0 saturated heterocycles. The van der Waals surface area contributed by atoms with Crippen molar-refractivity contribution in [3.63, 3.8) is 0 Å². The molecule has 154 valence electrons. The molecule has 0 radical (unpaired) electrons. The maximum absolute atomic E-state index is 12.7. The Kier molecular flexibility index (Phi) is 5.44. The lowest BCUT2D eigenvalue weighted by atomic mass is 10.2. The van der Waals surface area contributed by atoms with Crippen LogP contribution in [0.15, 0.2) is 94.9 Å². The van der Waals surface area contributed by atoms with E-state index in [2.05, 4.69) is 33.8 Å². The highest BCUT2D eigenvalue weighted by Crippen LogP contribution is 2.35. The van der Waals surface area contributed by atoms with Gasteiger partial charge in [0.05, 0.1) is 16.8 Å². The zero-order valence-electron chi connectivity index (χ0n) is 16.9. The molecule has 5 nitrogen and oxygen atoms in total. The van der Waals surface area contributed by atoms with Gasteiger partial charge in [-0.25, -0.2) is 0 Å². The molecular weight excluding hydrogens is 424 g/mol. The third-order valence-corrected chi connectivity index (χ3v) is 7.20. The van der Waals surface area contributed by atoms with Gasteiger partial charge in [0.2, 0.25) is 0 Å². The molecule has 5 rings (SSSR count). The van der Waals surface area contributed by atoms with Crippen LogP contribution < -0.4 is 4.87 Å². The Hall–Kier alpha value is -3.16. The highest BCUT2D eigenvalue weighted by atomic mass is 32.2. The summed E-state index contributed by atoms with van der Waals surface area (Å²) in [6, 6.07) is 28.3. The van der Waals surface area contributed by atoms with Crippen molar-refractivity contribution in [1.82, 2.24) is 19.3 Å². The number of aromatic nitrogens is 4. The van der Waals surface area contributed by atoms with Crippen molar-refractivity contribution >= 4 is 33.3 Å². The van der Waals surface area contributed by atoms with Gasteiger partial charge in [-0.2, -0.15) is 0 Å². The Balaban J connectivity index is 1.56. The molecule has 31 heavy (non-hydrogen) atoms. The van der Waals surface area contributed by atoms with Gasteiger partial charge < -0.3 is 0 Å². The molecule has 0 fully saturated rings. The van der Waals surface area contributed by atoms with Crippen LogP contribution >= 0.6 is 23.1 Å². The Morgan fingerprint density at radius 1 is 0.903 bits per heavy atom. The molecule has 2 heterocycles. The summed E-state index contributed by atoms with van der Waals surface area (Å²) in [5, 5.41) is 10.0. The van der Waals surface area contributed by atoms with Crippen molar-refractivity contribution in [1.29, 1.82) is 0 Å². The van der Waals surface area contributed by atoms with E-state index in [-0.39, 0.29) is 10.1 Å². The van der Waals surface area contributed by atoms with Gasteiger partial charge in [0, 0.05) is 10.9 Å². The highest BCUT2D eigenvalue weighted by Gasteiger charge is 2.19. The monoisotopic (exact) mass is 444 g/mol. The molecule has 0 unspecified atom stereocenters. The summed E-state index contributed by atoms with van der Waals surface area (Å²) in [6.07, 6.45) is 0. The summed E-state index contributed by atoms with van der Waals surface area (Å²) in [4.78, 5) is 12.7. The Bertz CT molecular complexity index is 1370. The Labute approximate surface area is 188 Å². The molecule has 1 atom stereocenters. The van der Waals surface area contributed by atoms with Crippen LogP contribution in [0.1, 0.15) is 23.6 Å². The fourth-order valence-electron chi connectivity index (χ4n) is 3.57. The second kappa shape index (κ2) is 8.53. The van der Waals surface area contributed by atoms with Crippen LogP contribution in [0, 0.1) is 0 Å². The summed E-state index contributed by atoms with van der Waals surface area (Å²) < 4.78 is 4.81. The first-order chi connectivity index (χ1) is 15.2. The summed E-state index contributed by atoms with van der Waals surface area (Å²) in [5.74, 6) is 0.736. The number of fused-ring (bicyclic) bond motifs is 1. The van der Waals surface area contributed by atoms with Gasteiger partial charge >= 0.3 is 4.87 Å². The van der Waals surface area contributed by atoms with E-state index in [4.69, 9.17) is 0 Å². The van der Waals surface area contributed by atoms with Crippen molar-refractivity contribution in [2.24, 2.45) is 0 Å². The molecule has 0 aliphatic carbocycles. The number of benzene rings is 3. The van der Waals surface area contributed by atoms with Crippen molar-refractivity contribution < 1.29 is 0 Å². The minimum Gasteiger partial charge on any atom is -0.291 e. The van der Waals surface area contributed by atoms with Gasteiger partial charge in [-0.3, -0.25) is 13.9 Å². The van der Waals surface area contributed by atoms with Gasteiger partial charge in [0.1, 0.15) is 0 Å². The van der Waals surface area contributed by atoms with Crippen molar-refractivity contribution in [3.05, 3.63) is 106 Å². The second-order valence-electron chi connectivity index (χ2n) is 7.16. The highest BCUT2D eigenvalue weighted by molar-refractivity contribution is 7.99. The maximum atomic E-state index is 12.7. The second-order valence-corrected chi connectivity index (χ2v) is 9.46. The summed E-state index contributed by atoms with van der Waals surface area (Å²) in [5.41, 5.74) is 3.14. The van der Waals surface area contributed by atoms with Crippen LogP contribution in [0.2, 0.25) is 0 Å². The quantitative estimate of drug-likeness (QED) is 0.323. The first-order valence-corrected chi connectivity index (χ1v) is 11.7. The predicted octanol–water partition coefficient (Wildman–Crippen LogP) is 5.55. The number of hydrogen-bond acceptors (Lipinski definition) is 5. The van der Waals surface area contributed by atoms with E-state index in [1.54, 1.807) is 16.3 Å². The van der Waals surface area contributed by atoms with Crippen LogP contribution in [0.25, 0.3) is 15.9 Å². The molecule has 3 aromatic carbocycles. The van der Waals surface area contributed by atoms with E-state index in [0.29, 0.717) is 6.54 Å². The largest absolute Gasteiger partial charge is 0.308 e.